The molecule has 0 aliphatic rings. The summed E-state index contributed by atoms with van der Waals surface area (Å²) in [7, 11) is 1.71. The van der Waals surface area contributed by atoms with E-state index in [1.54, 1.807) is 7.11 Å². The molecule has 2 rings (SSSR count). The lowest BCUT2D eigenvalue weighted by Gasteiger charge is -2.12. The lowest BCUT2D eigenvalue weighted by Crippen LogP contribution is -2.17. The predicted molar refractivity (Wildman–Crippen MR) is 67.9 cm³/mol. The molecule has 0 saturated heterocycles. The minimum absolute atomic E-state index is 0.163. The van der Waals surface area contributed by atoms with Crippen LogP contribution < -0.4 is 10.5 Å². The van der Waals surface area contributed by atoms with Gasteiger partial charge in [-0.15, -0.1) is 0 Å². The predicted octanol–water partition coefficient (Wildman–Crippen LogP) is 2.74. The third-order valence-electron chi connectivity index (χ3n) is 2.71. The van der Waals surface area contributed by atoms with Gasteiger partial charge in [-0.05, 0) is 30.4 Å². The Labute approximate surface area is 96.0 Å². The molecule has 1 unspecified atom stereocenters. The van der Waals surface area contributed by atoms with Gasteiger partial charge in [-0.25, -0.2) is 0 Å². The van der Waals surface area contributed by atoms with Gasteiger partial charge in [-0.3, -0.25) is 0 Å². The highest BCUT2D eigenvalue weighted by Crippen LogP contribution is 2.29. The number of benzene rings is 2. The van der Waals surface area contributed by atoms with E-state index in [9.17, 15) is 0 Å². The number of hydrogen-bond acceptors (Lipinski definition) is 2. The van der Waals surface area contributed by atoms with Gasteiger partial charge in [-0.2, -0.15) is 0 Å². The number of hydrogen-bond donors (Lipinski definition) is 1. The largest absolute Gasteiger partial charge is 0.496 e. The molecule has 0 saturated carbocycles. The highest BCUT2D eigenvalue weighted by atomic mass is 16.5. The molecule has 84 valence electrons. The Hall–Kier alpha value is -1.54. The van der Waals surface area contributed by atoms with Crippen molar-refractivity contribution in [1.29, 1.82) is 0 Å². The minimum atomic E-state index is 0.163. The summed E-state index contributed by atoms with van der Waals surface area (Å²) in [4.78, 5) is 0. The lowest BCUT2D eigenvalue weighted by molar-refractivity contribution is 0.419. The fourth-order valence-electron chi connectivity index (χ4n) is 2.07. The van der Waals surface area contributed by atoms with Crippen LogP contribution in [-0.4, -0.2) is 13.2 Å². The highest BCUT2D eigenvalue weighted by molar-refractivity contribution is 5.91. The molecular formula is C14H17NO. The van der Waals surface area contributed by atoms with Crippen molar-refractivity contribution < 1.29 is 4.74 Å². The maximum atomic E-state index is 5.87. The van der Waals surface area contributed by atoms with E-state index >= 15 is 0 Å². The van der Waals surface area contributed by atoms with E-state index in [1.165, 1.54) is 16.3 Å². The Morgan fingerprint density at radius 3 is 2.50 bits per heavy atom. The first-order valence-electron chi connectivity index (χ1n) is 5.52. The van der Waals surface area contributed by atoms with Crippen LogP contribution in [0.4, 0.5) is 0 Å². The van der Waals surface area contributed by atoms with Crippen LogP contribution in [0.3, 0.4) is 0 Å². The molecule has 0 amide bonds. The summed E-state index contributed by atoms with van der Waals surface area (Å²) in [5.74, 6) is 0.925. The van der Waals surface area contributed by atoms with Crippen LogP contribution in [0.25, 0.3) is 10.8 Å². The molecule has 1 atom stereocenters. The molecule has 2 aromatic carbocycles. The van der Waals surface area contributed by atoms with Gasteiger partial charge in [0.1, 0.15) is 5.75 Å². The lowest BCUT2D eigenvalue weighted by atomic mass is 9.99. The average Bonchev–Trinajstić information content (AvgIpc) is 2.28. The second kappa shape index (κ2) is 4.54. The minimum Gasteiger partial charge on any atom is -0.496 e. The van der Waals surface area contributed by atoms with Crippen LogP contribution in [0.2, 0.25) is 0 Å². The number of ether oxygens (including phenoxy) is 1. The smallest absolute Gasteiger partial charge is 0.126 e. The SMILES string of the molecule is COc1cccc2cccc(CC(C)N)c12. The van der Waals surface area contributed by atoms with E-state index in [-0.39, 0.29) is 6.04 Å². The fraction of sp³-hybridized carbons (Fsp3) is 0.286. The number of fused-ring (bicyclic) bond motifs is 1. The quantitative estimate of drug-likeness (QED) is 0.854. The number of rotatable bonds is 3. The second-order valence-corrected chi connectivity index (χ2v) is 4.16. The van der Waals surface area contributed by atoms with E-state index in [0.29, 0.717) is 0 Å². The van der Waals surface area contributed by atoms with Crippen LogP contribution in [0, 0.1) is 0 Å². The van der Waals surface area contributed by atoms with Crippen molar-refractivity contribution in [1.82, 2.24) is 0 Å². The van der Waals surface area contributed by atoms with Gasteiger partial charge >= 0.3 is 0 Å². The van der Waals surface area contributed by atoms with Gasteiger partial charge < -0.3 is 10.5 Å². The Bertz CT molecular complexity index is 486. The van der Waals surface area contributed by atoms with Crippen LogP contribution in [0.1, 0.15) is 12.5 Å². The van der Waals surface area contributed by atoms with E-state index in [0.717, 1.165) is 12.2 Å². The third kappa shape index (κ3) is 2.02. The molecule has 0 aliphatic heterocycles. The monoisotopic (exact) mass is 215 g/mol. The molecule has 2 aromatic rings. The van der Waals surface area contributed by atoms with E-state index in [2.05, 4.69) is 24.3 Å². The van der Waals surface area contributed by atoms with Crippen molar-refractivity contribution >= 4 is 10.8 Å². The summed E-state index contributed by atoms with van der Waals surface area (Å²) in [6.07, 6.45) is 0.873. The summed E-state index contributed by atoms with van der Waals surface area (Å²) in [6.45, 7) is 2.02. The third-order valence-corrected chi connectivity index (χ3v) is 2.71. The van der Waals surface area contributed by atoms with Crippen molar-refractivity contribution in [2.75, 3.05) is 7.11 Å². The van der Waals surface area contributed by atoms with Gasteiger partial charge in [0.2, 0.25) is 0 Å². The van der Waals surface area contributed by atoms with Gasteiger partial charge in [0.25, 0.3) is 0 Å². The van der Waals surface area contributed by atoms with Crippen LogP contribution in [-0.2, 0) is 6.42 Å². The Kier molecular flexibility index (Phi) is 3.11. The molecule has 0 aliphatic carbocycles. The van der Waals surface area contributed by atoms with Crippen LogP contribution in [0.5, 0.6) is 5.75 Å². The summed E-state index contributed by atoms with van der Waals surface area (Å²) in [6, 6.07) is 12.6. The molecule has 0 spiro atoms. The summed E-state index contributed by atoms with van der Waals surface area (Å²) in [5, 5.41) is 2.39. The van der Waals surface area contributed by atoms with E-state index in [4.69, 9.17) is 10.5 Å². The molecule has 0 heterocycles. The zero-order chi connectivity index (χ0) is 11.5. The molecular weight excluding hydrogens is 198 g/mol. The molecule has 16 heavy (non-hydrogen) atoms. The topological polar surface area (TPSA) is 35.2 Å². The zero-order valence-electron chi connectivity index (χ0n) is 9.73. The first kappa shape index (κ1) is 11.0. The maximum Gasteiger partial charge on any atom is 0.126 e. The fourth-order valence-corrected chi connectivity index (χ4v) is 2.07. The van der Waals surface area contributed by atoms with Gasteiger partial charge in [0.05, 0.1) is 7.11 Å². The summed E-state index contributed by atoms with van der Waals surface area (Å²) >= 11 is 0. The van der Waals surface area contributed by atoms with Crippen molar-refractivity contribution in [2.45, 2.75) is 19.4 Å². The molecule has 0 fully saturated rings. The molecule has 2 heteroatoms. The van der Waals surface area contributed by atoms with Gasteiger partial charge in [0, 0.05) is 11.4 Å². The Balaban J connectivity index is 2.63. The number of nitrogens with two attached hydrogens (primary N) is 1. The standard InChI is InChI=1S/C14H17NO/c1-10(15)9-12-7-3-5-11-6-4-8-13(16-2)14(11)12/h3-8,10H,9,15H2,1-2H3. The van der Waals surface area contributed by atoms with Crippen molar-refractivity contribution in [3.63, 3.8) is 0 Å². The first-order chi connectivity index (χ1) is 7.72. The van der Waals surface area contributed by atoms with Crippen molar-refractivity contribution in [3.8, 4) is 5.75 Å². The van der Waals surface area contributed by atoms with E-state index in [1.807, 2.05) is 19.1 Å². The Morgan fingerprint density at radius 1 is 1.19 bits per heavy atom. The first-order valence-corrected chi connectivity index (χ1v) is 5.52. The highest BCUT2D eigenvalue weighted by Gasteiger charge is 2.07. The molecule has 0 radical (unpaired) electrons. The summed E-state index contributed by atoms with van der Waals surface area (Å²) in [5.41, 5.74) is 7.12. The van der Waals surface area contributed by atoms with E-state index < -0.39 is 0 Å². The van der Waals surface area contributed by atoms with Crippen molar-refractivity contribution in [3.05, 3.63) is 42.0 Å². The van der Waals surface area contributed by atoms with Gasteiger partial charge in [0.15, 0.2) is 0 Å². The maximum absolute atomic E-state index is 5.87. The average molecular weight is 215 g/mol. The van der Waals surface area contributed by atoms with Crippen molar-refractivity contribution in [2.24, 2.45) is 5.73 Å². The van der Waals surface area contributed by atoms with Crippen LogP contribution in [0.15, 0.2) is 36.4 Å². The van der Waals surface area contributed by atoms with Crippen LogP contribution >= 0.6 is 0 Å². The molecule has 0 aromatic heterocycles. The number of methoxy groups -OCH3 is 1. The molecule has 2 N–H and O–H groups in total. The summed E-state index contributed by atoms with van der Waals surface area (Å²) < 4.78 is 5.41. The normalized spacial score (nSPS) is 12.7. The van der Waals surface area contributed by atoms with Gasteiger partial charge in [-0.1, -0.05) is 30.3 Å². The molecule has 2 nitrogen and oxygen atoms in total. The Morgan fingerprint density at radius 2 is 1.88 bits per heavy atom. The second-order valence-electron chi connectivity index (χ2n) is 4.16. The molecule has 0 bridgehead atoms. The zero-order valence-corrected chi connectivity index (χ0v) is 9.73.